The lowest BCUT2D eigenvalue weighted by Gasteiger charge is -2.26. The number of benzene rings is 2. The molecule has 2 aliphatic rings. The van der Waals surface area contributed by atoms with Crippen molar-refractivity contribution in [2.45, 2.75) is 69.7 Å². The third-order valence-corrected chi connectivity index (χ3v) is 8.33. The van der Waals surface area contributed by atoms with Gasteiger partial charge in [0.15, 0.2) is 0 Å². The number of imide groups is 1. The Balaban J connectivity index is 1.74. The molecular formula is C28H31N3O7S. The molecule has 3 atom stereocenters. The number of carbonyl (C=O) groups is 3. The lowest BCUT2D eigenvalue weighted by atomic mass is 10.1. The zero-order valence-electron chi connectivity index (χ0n) is 22.7. The fraction of sp³-hybridized carbons (Fsp3) is 0.393. The number of carbonyl (C=O) groups excluding carboxylic acids is 3. The molecule has 3 heterocycles. The minimum absolute atomic E-state index is 0.0886. The lowest BCUT2D eigenvalue weighted by molar-refractivity contribution is 0.0231. The van der Waals surface area contributed by atoms with Gasteiger partial charge in [-0.2, -0.15) is 4.31 Å². The molecule has 206 valence electrons. The SMILES string of the molecule is CC(C)(C)OC(=O)N1CC2C(c3c(n(C(=O)OC(C)(C)C)c4ccccc34)C1=O)N2S(=O)(=O)c1ccccc1. The molecule has 3 unspecified atom stereocenters. The number of para-hydroxylation sites is 1. The molecule has 10 nitrogen and oxygen atoms in total. The molecule has 0 bridgehead atoms. The van der Waals surface area contributed by atoms with E-state index >= 15 is 0 Å². The second-order valence-corrected chi connectivity index (χ2v) is 13.5. The topological polar surface area (TPSA) is 115 Å². The first-order chi connectivity index (χ1) is 18.1. The second-order valence-electron chi connectivity index (χ2n) is 11.7. The number of nitrogens with zero attached hydrogens (tertiary/aromatic N) is 3. The summed E-state index contributed by atoms with van der Waals surface area (Å²) in [5.74, 6) is -0.759. The highest BCUT2D eigenvalue weighted by atomic mass is 32.2. The Morgan fingerprint density at radius 1 is 0.846 bits per heavy atom. The van der Waals surface area contributed by atoms with E-state index in [-0.39, 0.29) is 17.1 Å². The van der Waals surface area contributed by atoms with Crippen molar-refractivity contribution in [3.05, 3.63) is 65.9 Å². The molecule has 0 spiro atoms. The number of sulfonamides is 1. The number of ether oxygens (including phenoxy) is 2. The van der Waals surface area contributed by atoms with Gasteiger partial charge in [0.1, 0.15) is 16.9 Å². The average Bonchev–Trinajstić information content (AvgIpc) is 3.47. The van der Waals surface area contributed by atoms with Crippen LogP contribution in [0, 0.1) is 0 Å². The fourth-order valence-electron chi connectivity index (χ4n) is 4.94. The summed E-state index contributed by atoms with van der Waals surface area (Å²) in [6, 6.07) is 13.3. The third-order valence-electron chi connectivity index (χ3n) is 6.41. The van der Waals surface area contributed by atoms with Crippen molar-refractivity contribution in [2.24, 2.45) is 0 Å². The average molecular weight is 554 g/mol. The Morgan fingerprint density at radius 2 is 1.41 bits per heavy atom. The van der Waals surface area contributed by atoms with E-state index in [9.17, 15) is 22.8 Å². The minimum Gasteiger partial charge on any atom is -0.443 e. The van der Waals surface area contributed by atoms with E-state index in [1.54, 1.807) is 84.0 Å². The summed E-state index contributed by atoms with van der Waals surface area (Å²) in [4.78, 5) is 41.8. The summed E-state index contributed by atoms with van der Waals surface area (Å²) in [6.07, 6.45) is -1.74. The van der Waals surface area contributed by atoms with E-state index in [4.69, 9.17) is 9.47 Å². The smallest absolute Gasteiger partial charge is 0.419 e. The third kappa shape index (κ3) is 4.70. The largest absolute Gasteiger partial charge is 0.443 e. The summed E-state index contributed by atoms with van der Waals surface area (Å²) in [7, 11) is -4.00. The molecule has 5 rings (SSSR count). The van der Waals surface area contributed by atoms with Crippen LogP contribution in [0.5, 0.6) is 0 Å². The first kappa shape index (κ1) is 26.9. The van der Waals surface area contributed by atoms with Gasteiger partial charge in [-0.15, -0.1) is 0 Å². The molecule has 0 N–H and O–H groups in total. The van der Waals surface area contributed by atoms with Crippen molar-refractivity contribution >= 4 is 39.0 Å². The Hall–Kier alpha value is -3.70. The first-order valence-electron chi connectivity index (χ1n) is 12.6. The van der Waals surface area contributed by atoms with Gasteiger partial charge in [0.25, 0.3) is 5.91 Å². The first-order valence-corrected chi connectivity index (χ1v) is 14.1. The van der Waals surface area contributed by atoms with Gasteiger partial charge in [-0.1, -0.05) is 36.4 Å². The summed E-state index contributed by atoms with van der Waals surface area (Å²) in [5, 5.41) is 0.526. The van der Waals surface area contributed by atoms with Gasteiger partial charge in [-0.3, -0.25) is 4.79 Å². The van der Waals surface area contributed by atoms with E-state index in [2.05, 4.69) is 0 Å². The van der Waals surface area contributed by atoms with Gasteiger partial charge >= 0.3 is 12.2 Å². The number of fused-ring (bicyclic) bond motifs is 5. The maximum atomic E-state index is 14.0. The van der Waals surface area contributed by atoms with Crippen LogP contribution in [-0.4, -0.2) is 64.1 Å². The van der Waals surface area contributed by atoms with Crippen molar-refractivity contribution in [3.63, 3.8) is 0 Å². The fourth-order valence-corrected chi connectivity index (χ4v) is 6.72. The van der Waals surface area contributed by atoms with Crippen LogP contribution in [0.25, 0.3) is 10.9 Å². The normalized spacial score (nSPS) is 21.1. The predicted octanol–water partition coefficient (Wildman–Crippen LogP) is 4.93. The monoisotopic (exact) mass is 553 g/mol. The van der Waals surface area contributed by atoms with Crippen LogP contribution >= 0.6 is 0 Å². The molecule has 2 amide bonds. The van der Waals surface area contributed by atoms with Gasteiger partial charge in [-0.05, 0) is 59.7 Å². The van der Waals surface area contributed by atoms with Crippen molar-refractivity contribution < 1.29 is 32.3 Å². The summed E-state index contributed by atoms with van der Waals surface area (Å²) >= 11 is 0. The standard InChI is InChI=1S/C28H31N3O7S/c1-27(2,3)37-25(33)29-16-20-22(31(20)39(35,36)17-12-8-7-9-13-17)21-18-14-10-11-15-19(18)30(23(21)24(29)32)26(34)38-28(4,5)6/h7-15,20,22H,16H2,1-6H3. The Bertz CT molecular complexity index is 1600. The molecule has 39 heavy (non-hydrogen) atoms. The minimum atomic E-state index is -4.00. The lowest BCUT2D eigenvalue weighted by Crippen LogP contribution is -2.44. The van der Waals surface area contributed by atoms with Crippen LogP contribution in [0.2, 0.25) is 0 Å². The Kier molecular flexibility index (Phi) is 6.15. The Labute approximate surface area is 227 Å². The highest BCUT2D eigenvalue weighted by molar-refractivity contribution is 7.89. The van der Waals surface area contributed by atoms with Crippen molar-refractivity contribution in [3.8, 4) is 0 Å². The number of rotatable bonds is 2. The molecule has 2 aromatic carbocycles. The van der Waals surface area contributed by atoms with E-state index in [0.29, 0.717) is 16.5 Å². The van der Waals surface area contributed by atoms with Crippen molar-refractivity contribution in [1.82, 2.24) is 13.8 Å². The van der Waals surface area contributed by atoms with Gasteiger partial charge in [0.05, 0.1) is 29.0 Å². The maximum absolute atomic E-state index is 14.0. The van der Waals surface area contributed by atoms with Crippen LogP contribution in [0.4, 0.5) is 9.59 Å². The number of amides is 2. The highest BCUT2D eigenvalue weighted by Gasteiger charge is 2.62. The number of hydrogen-bond acceptors (Lipinski definition) is 7. The van der Waals surface area contributed by atoms with Crippen molar-refractivity contribution in [2.75, 3.05) is 6.54 Å². The van der Waals surface area contributed by atoms with E-state index in [1.165, 1.54) is 16.4 Å². The molecule has 11 heteroatoms. The van der Waals surface area contributed by atoms with Crippen LogP contribution < -0.4 is 0 Å². The van der Waals surface area contributed by atoms with Crippen LogP contribution in [0.1, 0.15) is 63.6 Å². The zero-order valence-corrected chi connectivity index (χ0v) is 23.5. The molecule has 1 fully saturated rings. The van der Waals surface area contributed by atoms with E-state index < -0.39 is 51.4 Å². The maximum Gasteiger partial charge on any atom is 0.419 e. The predicted molar refractivity (Wildman–Crippen MR) is 143 cm³/mol. The molecule has 0 aliphatic carbocycles. The van der Waals surface area contributed by atoms with Crippen molar-refractivity contribution in [1.29, 1.82) is 0 Å². The molecule has 3 aromatic rings. The molecule has 1 saturated heterocycles. The van der Waals surface area contributed by atoms with E-state index in [1.807, 2.05) is 0 Å². The summed E-state index contributed by atoms with van der Waals surface area (Å²) < 4.78 is 41.1. The van der Waals surface area contributed by atoms with Crippen LogP contribution in [0.15, 0.2) is 59.5 Å². The molecular weight excluding hydrogens is 522 g/mol. The van der Waals surface area contributed by atoms with Gasteiger partial charge in [-0.25, -0.2) is 27.5 Å². The van der Waals surface area contributed by atoms with Gasteiger partial charge in [0.2, 0.25) is 10.0 Å². The van der Waals surface area contributed by atoms with Crippen LogP contribution in [0.3, 0.4) is 0 Å². The highest BCUT2D eigenvalue weighted by Crippen LogP contribution is 2.53. The second kappa shape index (κ2) is 8.92. The molecule has 0 saturated carbocycles. The quantitative estimate of drug-likeness (QED) is 0.413. The summed E-state index contributed by atoms with van der Waals surface area (Å²) in [5.41, 5.74) is -1.17. The summed E-state index contributed by atoms with van der Waals surface area (Å²) in [6.45, 7) is 9.88. The van der Waals surface area contributed by atoms with Gasteiger partial charge < -0.3 is 9.47 Å². The van der Waals surface area contributed by atoms with Gasteiger partial charge in [0, 0.05) is 10.9 Å². The zero-order chi connectivity index (χ0) is 28.5. The molecule has 1 aromatic heterocycles. The number of aromatic nitrogens is 1. The Morgan fingerprint density at radius 3 is 2.03 bits per heavy atom. The molecule has 0 radical (unpaired) electrons. The van der Waals surface area contributed by atoms with Crippen LogP contribution in [-0.2, 0) is 19.5 Å². The van der Waals surface area contributed by atoms with E-state index in [0.717, 1.165) is 9.47 Å². The number of hydrogen-bond donors (Lipinski definition) is 0. The molecule has 2 aliphatic heterocycles.